The summed E-state index contributed by atoms with van der Waals surface area (Å²) in [6.07, 6.45) is 3.51. The van der Waals surface area contributed by atoms with Crippen LogP contribution < -0.4 is 4.74 Å². The quantitative estimate of drug-likeness (QED) is 0.733. The molecule has 0 radical (unpaired) electrons. The summed E-state index contributed by atoms with van der Waals surface area (Å²) in [4.78, 5) is 0. The van der Waals surface area contributed by atoms with Crippen LogP contribution in [0.25, 0.3) is 0 Å². The molecule has 0 heterocycles. The maximum absolute atomic E-state index is 9.57. The minimum absolute atomic E-state index is 0.164. The Morgan fingerprint density at radius 2 is 1.94 bits per heavy atom. The van der Waals surface area contributed by atoms with E-state index in [0.29, 0.717) is 6.61 Å². The van der Waals surface area contributed by atoms with Crippen molar-refractivity contribution in [2.24, 2.45) is 0 Å². The van der Waals surface area contributed by atoms with Crippen molar-refractivity contribution < 1.29 is 9.84 Å². The fraction of sp³-hybridized carbons (Fsp3) is 0.600. The Kier molecular flexibility index (Phi) is 6.06. The summed E-state index contributed by atoms with van der Waals surface area (Å²) >= 11 is 0. The molecule has 0 aliphatic rings. The Morgan fingerprint density at radius 1 is 1.18 bits per heavy atom. The van der Waals surface area contributed by atoms with Crippen molar-refractivity contribution >= 4 is 0 Å². The monoisotopic (exact) mass is 236 g/mol. The van der Waals surface area contributed by atoms with Gasteiger partial charge >= 0.3 is 0 Å². The molecule has 0 fully saturated rings. The Labute approximate surface area is 105 Å². The molecular weight excluding hydrogens is 212 g/mol. The predicted molar refractivity (Wildman–Crippen MR) is 71.6 cm³/mol. The molecule has 17 heavy (non-hydrogen) atoms. The molecule has 2 nitrogen and oxygen atoms in total. The van der Waals surface area contributed by atoms with Gasteiger partial charge in [-0.1, -0.05) is 19.4 Å². The molecule has 1 aromatic rings. The van der Waals surface area contributed by atoms with E-state index in [1.165, 1.54) is 11.1 Å². The second kappa shape index (κ2) is 7.33. The van der Waals surface area contributed by atoms with Gasteiger partial charge in [0.2, 0.25) is 0 Å². The fourth-order valence-corrected chi connectivity index (χ4v) is 1.79. The Balaban J connectivity index is 2.24. The molecule has 0 spiro atoms. The lowest BCUT2D eigenvalue weighted by Crippen LogP contribution is -2.08. The molecule has 0 aliphatic carbocycles. The molecule has 0 aromatic heterocycles. The average Bonchev–Trinajstić information content (AvgIpc) is 2.29. The van der Waals surface area contributed by atoms with Crippen molar-refractivity contribution in [3.63, 3.8) is 0 Å². The molecule has 0 aliphatic heterocycles. The number of hydrogen-bond donors (Lipinski definition) is 1. The van der Waals surface area contributed by atoms with Gasteiger partial charge in [-0.3, -0.25) is 0 Å². The second-order valence-corrected chi connectivity index (χ2v) is 4.68. The molecule has 2 heteroatoms. The summed E-state index contributed by atoms with van der Waals surface area (Å²) in [6.45, 7) is 6.96. The van der Waals surface area contributed by atoms with Gasteiger partial charge in [0.15, 0.2) is 0 Å². The second-order valence-electron chi connectivity index (χ2n) is 4.68. The highest BCUT2D eigenvalue weighted by Gasteiger charge is 2.02. The van der Waals surface area contributed by atoms with Gasteiger partial charge in [0, 0.05) is 0 Å². The van der Waals surface area contributed by atoms with Crippen LogP contribution in [0.5, 0.6) is 5.75 Å². The molecule has 0 saturated carbocycles. The number of aryl methyl sites for hydroxylation is 2. The maximum atomic E-state index is 9.57. The number of aliphatic hydroxyl groups is 1. The van der Waals surface area contributed by atoms with Crippen molar-refractivity contribution in [3.05, 3.63) is 29.3 Å². The lowest BCUT2D eigenvalue weighted by molar-refractivity contribution is 0.142. The lowest BCUT2D eigenvalue weighted by Gasteiger charge is -2.11. The van der Waals surface area contributed by atoms with Crippen LogP contribution in [0.1, 0.15) is 43.7 Å². The smallest absolute Gasteiger partial charge is 0.119 e. The zero-order valence-corrected chi connectivity index (χ0v) is 11.2. The highest BCUT2D eigenvalue weighted by atomic mass is 16.5. The van der Waals surface area contributed by atoms with Gasteiger partial charge in [-0.2, -0.15) is 0 Å². The minimum atomic E-state index is -0.164. The standard InChI is InChI=1S/C15H24O2/c1-4-6-14(16)7-5-10-17-15-9-8-12(2)13(3)11-15/h8-9,11,14,16H,4-7,10H2,1-3H3. The first-order chi connectivity index (χ1) is 8.13. The van der Waals surface area contributed by atoms with E-state index in [9.17, 15) is 5.11 Å². The van der Waals surface area contributed by atoms with Crippen molar-refractivity contribution in [2.75, 3.05) is 6.61 Å². The van der Waals surface area contributed by atoms with Crippen LogP contribution in [0.3, 0.4) is 0 Å². The third kappa shape index (κ3) is 5.22. The van der Waals surface area contributed by atoms with Crippen molar-refractivity contribution in [2.45, 2.75) is 52.6 Å². The third-order valence-electron chi connectivity index (χ3n) is 3.05. The van der Waals surface area contributed by atoms with Gasteiger partial charge < -0.3 is 9.84 Å². The summed E-state index contributed by atoms with van der Waals surface area (Å²) in [5.41, 5.74) is 2.55. The highest BCUT2D eigenvalue weighted by molar-refractivity contribution is 5.33. The van der Waals surface area contributed by atoms with E-state index in [1.54, 1.807) is 0 Å². The molecule has 0 bridgehead atoms. The first kappa shape index (κ1) is 14.0. The van der Waals surface area contributed by atoms with E-state index in [-0.39, 0.29) is 6.10 Å². The van der Waals surface area contributed by atoms with Gasteiger partial charge in [0.25, 0.3) is 0 Å². The maximum Gasteiger partial charge on any atom is 0.119 e. The van der Waals surface area contributed by atoms with E-state index in [4.69, 9.17) is 4.74 Å². The van der Waals surface area contributed by atoms with Crippen LogP contribution in [0.4, 0.5) is 0 Å². The number of ether oxygens (including phenoxy) is 1. The van der Waals surface area contributed by atoms with Crippen LogP contribution in [0.2, 0.25) is 0 Å². The number of hydrogen-bond acceptors (Lipinski definition) is 2. The number of benzene rings is 1. The molecule has 1 atom stereocenters. The van der Waals surface area contributed by atoms with E-state index in [0.717, 1.165) is 31.4 Å². The largest absolute Gasteiger partial charge is 0.494 e. The molecule has 1 aromatic carbocycles. The van der Waals surface area contributed by atoms with E-state index >= 15 is 0 Å². The van der Waals surface area contributed by atoms with Crippen LogP contribution in [0, 0.1) is 13.8 Å². The topological polar surface area (TPSA) is 29.5 Å². The highest BCUT2D eigenvalue weighted by Crippen LogP contribution is 2.16. The molecule has 96 valence electrons. The first-order valence-electron chi connectivity index (χ1n) is 6.51. The molecule has 1 N–H and O–H groups in total. The molecule has 1 rings (SSSR count). The normalized spacial score (nSPS) is 12.5. The summed E-state index contributed by atoms with van der Waals surface area (Å²) in [5.74, 6) is 0.929. The SMILES string of the molecule is CCCC(O)CCCOc1ccc(C)c(C)c1. The van der Waals surface area contributed by atoms with Crippen LogP contribution in [0.15, 0.2) is 18.2 Å². The van der Waals surface area contributed by atoms with Crippen LogP contribution in [-0.2, 0) is 0 Å². The predicted octanol–water partition coefficient (Wildman–Crippen LogP) is 3.62. The van der Waals surface area contributed by atoms with E-state index < -0.39 is 0 Å². The zero-order chi connectivity index (χ0) is 12.7. The van der Waals surface area contributed by atoms with Crippen molar-refractivity contribution in [1.82, 2.24) is 0 Å². The zero-order valence-electron chi connectivity index (χ0n) is 11.2. The van der Waals surface area contributed by atoms with Gasteiger partial charge in [0.05, 0.1) is 12.7 Å². The van der Waals surface area contributed by atoms with Gasteiger partial charge in [0.1, 0.15) is 5.75 Å². The Morgan fingerprint density at radius 3 is 2.59 bits per heavy atom. The number of aliphatic hydroxyl groups excluding tert-OH is 1. The summed E-state index contributed by atoms with van der Waals surface area (Å²) < 4.78 is 5.66. The summed E-state index contributed by atoms with van der Waals surface area (Å²) in [7, 11) is 0. The van der Waals surface area contributed by atoms with Crippen LogP contribution in [-0.4, -0.2) is 17.8 Å². The lowest BCUT2D eigenvalue weighted by atomic mass is 10.1. The van der Waals surface area contributed by atoms with Gasteiger partial charge in [-0.15, -0.1) is 0 Å². The van der Waals surface area contributed by atoms with Gasteiger partial charge in [-0.25, -0.2) is 0 Å². The van der Waals surface area contributed by atoms with Crippen molar-refractivity contribution in [1.29, 1.82) is 0 Å². The molecule has 0 amide bonds. The Bertz CT molecular complexity index is 334. The van der Waals surface area contributed by atoms with Crippen LogP contribution >= 0.6 is 0 Å². The van der Waals surface area contributed by atoms with E-state index in [1.807, 2.05) is 6.07 Å². The average molecular weight is 236 g/mol. The Hall–Kier alpha value is -1.02. The van der Waals surface area contributed by atoms with Gasteiger partial charge in [-0.05, 0) is 56.4 Å². The fourth-order valence-electron chi connectivity index (χ4n) is 1.79. The van der Waals surface area contributed by atoms with Crippen molar-refractivity contribution in [3.8, 4) is 5.75 Å². The third-order valence-corrected chi connectivity index (χ3v) is 3.05. The molecular formula is C15H24O2. The summed E-state index contributed by atoms with van der Waals surface area (Å²) in [5, 5.41) is 9.57. The molecule has 1 unspecified atom stereocenters. The number of rotatable bonds is 7. The minimum Gasteiger partial charge on any atom is -0.494 e. The first-order valence-corrected chi connectivity index (χ1v) is 6.51. The summed E-state index contributed by atoms with van der Waals surface area (Å²) in [6, 6.07) is 6.15. The van der Waals surface area contributed by atoms with E-state index in [2.05, 4.69) is 32.9 Å². The molecule has 0 saturated heterocycles.